The van der Waals surface area contributed by atoms with Gasteiger partial charge in [0.25, 0.3) is 5.91 Å². The number of nitrogens with one attached hydrogen (secondary N) is 1. The maximum absolute atomic E-state index is 11.3. The van der Waals surface area contributed by atoms with Gasteiger partial charge in [0.15, 0.2) is 5.69 Å². The molecular weight excluding hydrogens is 342 g/mol. The number of carbonyl (C=O) groups excluding carboxylic acids is 2. The van der Waals surface area contributed by atoms with Gasteiger partial charge in [-0.1, -0.05) is 5.21 Å². The maximum atomic E-state index is 11.3. The van der Waals surface area contributed by atoms with Crippen LogP contribution in [0.25, 0.3) is 11.3 Å². The van der Waals surface area contributed by atoms with Crippen molar-refractivity contribution in [3.63, 3.8) is 0 Å². The minimum absolute atomic E-state index is 0.0884. The average Bonchev–Trinajstić information content (AvgIpc) is 3.10. The third-order valence-corrected chi connectivity index (χ3v) is 3.18. The van der Waals surface area contributed by atoms with E-state index in [1.165, 1.54) is 18.3 Å². The molecule has 0 atom stereocenters. The molecule has 0 saturated carbocycles. The molecule has 0 aliphatic rings. The number of carbonyl (C=O) groups is 2. The minimum atomic E-state index is -0.938. The summed E-state index contributed by atoms with van der Waals surface area (Å²) < 4.78 is 6.21. The summed E-state index contributed by atoms with van der Waals surface area (Å²) in [5.41, 5.74) is 8.83. The molecule has 0 aliphatic heterocycles. The summed E-state index contributed by atoms with van der Waals surface area (Å²) in [7, 11) is 0. The molecule has 5 N–H and O–H groups in total. The number of hydrogen-bond donors (Lipinski definition) is 3. The van der Waals surface area contributed by atoms with Gasteiger partial charge in [-0.05, 0) is 18.2 Å². The van der Waals surface area contributed by atoms with E-state index in [4.69, 9.17) is 11.6 Å². The van der Waals surface area contributed by atoms with Crippen LogP contribution in [0.2, 0.25) is 0 Å². The number of aromatic nitrogens is 6. The van der Waals surface area contributed by atoms with E-state index in [-0.39, 0.29) is 11.6 Å². The van der Waals surface area contributed by atoms with E-state index in [9.17, 15) is 9.59 Å². The summed E-state index contributed by atoms with van der Waals surface area (Å²) in [6, 6.07) is 6.30. The molecule has 0 bridgehead atoms. The molecule has 3 aromatic heterocycles. The van der Waals surface area contributed by atoms with Crippen molar-refractivity contribution in [3.8, 4) is 17.1 Å². The Morgan fingerprint density at radius 1 is 1.15 bits per heavy atom. The van der Waals surface area contributed by atoms with Crippen molar-refractivity contribution in [2.24, 2.45) is 11.6 Å². The third kappa shape index (κ3) is 3.93. The monoisotopic (exact) mass is 355 g/mol. The molecule has 132 valence electrons. The lowest BCUT2D eigenvalue weighted by Crippen LogP contribution is -2.31. The Kier molecular flexibility index (Phi) is 4.76. The SMILES string of the molecule is NNC(=O)c1ccc(Cn2cc(-c3ccc(OC(N)=O)nc3)nn2)nn1. The second kappa shape index (κ2) is 7.31. The fourth-order valence-corrected chi connectivity index (χ4v) is 2.01. The molecule has 2 amide bonds. The highest BCUT2D eigenvalue weighted by molar-refractivity contribution is 5.91. The average molecular weight is 355 g/mol. The Bertz CT molecular complexity index is 922. The number of ether oxygens (including phenoxy) is 1. The lowest BCUT2D eigenvalue weighted by Gasteiger charge is -2.01. The molecule has 26 heavy (non-hydrogen) atoms. The van der Waals surface area contributed by atoms with Gasteiger partial charge >= 0.3 is 6.09 Å². The molecule has 3 rings (SSSR count). The van der Waals surface area contributed by atoms with E-state index in [2.05, 4.69) is 30.2 Å². The molecular formula is C14H13N9O3. The van der Waals surface area contributed by atoms with E-state index >= 15 is 0 Å². The highest BCUT2D eigenvalue weighted by Gasteiger charge is 2.09. The van der Waals surface area contributed by atoms with Crippen LogP contribution in [-0.2, 0) is 6.54 Å². The molecule has 0 spiro atoms. The Labute approximate surface area is 146 Å². The maximum Gasteiger partial charge on any atom is 0.411 e. The summed E-state index contributed by atoms with van der Waals surface area (Å²) in [4.78, 5) is 25.9. The van der Waals surface area contributed by atoms with Crippen LogP contribution in [0.3, 0.4) is 0 Å². The van der Waals surface area contributed by atoms with Crippen molar-refractivity contribution in [1.82, 2.24) is 35.6 Å². The highest BCUT2D eigenvalue weighted by atomic mass is 16.6. The number of primary amides is 1. The third-order valence-electron chi connectivity index (χ3n) is 3.18. The minimum Gasteiger partial charge on any atom is -0.391 e. The van der Waals surface area contributed by atoms with Crippen LogP contribution >= 0.6 is 0 Å². The normalized spacial score (nSPS) is 10.3. The fraction of sp³-hybridized carbons (Fsp3) is 0.0714. The molecule has 0 fully saturated rings. The van der Waals surface area contributed by atoms with Crippen LogP contribution in [0.5, 0.6) is 5.88 Å². The Balaban J connectivity index is 1.69. The van der Waals surface area contributed by atoms with Crippen molar-refractivity contribution < 1.29 is 14.3 Å². The second-order valence-electron chi connectivity index (χ2n) is 4.99. The first-order valence-electron chi connectivity index (χ1n) is 7.22. The number of pyridine rings is 1. The smallest absolute Gasteiger partial charge is 0.391 e. The van der Waals surface area contributed by atoms with Gasteiger partial charge in [-0.25, -0.2) is 20.3 Å². The molecule has 0 aromatic carbocycles. The molecule has 0 radical (unpaired) electrons. The zero-order valence-corrected chi connectivity index (χ0v) is 13.2. The van der Waals surface area contributed by atoms with Gasteiger partial charge in [0.05, 0.1) is 18.4 Å². The van der Waals surface area contributed by atoms with E-state index in [0.717, 1.165) is 0 Å². The molecule has 0 aliphatic carbocycles. The summed E-state index contributed by atoms with van der Waals surface area (Å²) in [5.74, 6) is 4.59. The molecule has 0 unspecified atom stereocenters. The zero-order chi connectivity index (χ0) is 18.5. The van der Waals surface area contributed by atoms with Crippen LogP contribution in [0.4, 0.5) is 4.79 Å². The first-order chi connectivity index (χ1) is 12.5. The Morgan fingerprint density at radius 3 is 2.62 bits per heavy atom. The van der Waals surface area contributed by atoms with Gasteiger partial charge in [0.2, 0.25) is 5.88 Å². The number of nitrogens with zero attached hydrogens (tertiary/aromatic N) is 6. The van der Waals surface area contributed by atoms with Gasteiger partial charge in [-0.3, -0.25) is 10.2 Å². The van der Waals surface area contributed by atoms with E-state index < -0.39 is 12.0 Å². The van der Waals surface area contributed by atoms with Gasteiger partial charge in [-0.15, -0.1) is 10.2 Å². The van der Waals surface area contributed by atoms with Crippen molar-refractivity contribution in [1.29, 1.82) is 0 Å². The summed E-state index contributed by atoms with van der Waals surface area (Å²) in [6.07, 6.45) is 2.23. The van der Waals surface area contributed by atoms with Gasteiger partial charge < -0.3 is 10.5 Å². The summed E-state index contributed by atoms with van der Waals surface area (Å²) >= 11 is 0. The standard InChI is InChI=1S/C14H13N9O3/c15-14(25)26-12-4-1-8(5-17-12)11-7-23(22-21-11)6-9-2-3-10(20-19-9)13(24)18-16/h1-5,7H,6,16H2,(H2,15,25)(H,18,24). The van der Waals surface area contributed by atoms with Crippen molar-refractivity contribution >= 4 is 12.0 Å². The lowest BCUT2D eigenvalue weighted by molar-refractivity contribution is 0.0947. The second-order valence-corrected chi connectivity index (χ2v) is 4.99. The Morgan fingerprint density at radius 2 is 2.00 bits per heavy atom. The van der Waals surface area contributed by atoms with E-state index in [1.807, 2.05) is 5.43 Å². The van der Waals surface area contributed by atoms with Gasteiger partial charge in [0.1, 0.15) is 5.69 Å². The topological polar surface area (TPSA) is 177 Å². The zero-order valence-electron chi connectivity index (χ0n) is 13.2. The number of amides is 2. The largest absolute Gasteiger partial charge is 0.411 e. The first kappa shape index (κ1) is 16.9. The van der Waals surface area contributed by atoms with Gasteiger partial charge in [-0.2, -0.15) is 5.10 Å². The summed E-state index contributed by atoms with van der Waals surface area (Å²) in [5, 5.41) is 15.8. The predicted molar refractivity (Wildman–Crippen MR) is 86.3 cm³/mol. The van der Waals surface area contributed by atoms with Crippen LogP contribution < -0.4 is 21.7 Å². The van der Waals surface area contributed by atoms with Crippen molar-refractivity contribution in [2.75, 3.05) is 0 Å². The molecule has 3 heterocycles. The number of nitrogen functional groups attached to an aromatic ring is 1. The number of hydrazine groups is 1. The quantitative estimate of drug-likeness (QED) is 0.301. The van der Waals surface area contributed by atoms with Crippen molar-refractivity contribution in [2.45, 2.75) is 6.54 Å². The van der Waals surface area contributed by atoms with E-state index in [1.54, 1.807) is 23.0 Å². The number of nitrogens with two attached hydrogens (primary N) is 2. The van der Waals surface area contributed by atoms with E-state index in [0.29, 0.717) is 23.5 Å². The molecule has 12 heteroatoms. The predicted octanol–water partition coefficient (Wildman–Crippen LogP) is -0.761. The van der Waals surface area contributed by atoms with Crippen molar-refractivity contribution in [3.05, 3.63) is 48.0 Å². The van der Waals surface area contributed by atoms with Crippen LogP contribution in [0, 0.1) is 0 Å². The van der Waals surface area contributed by atoms with Crippen LogP contribution in [0.1, 0.15) is 16.2 Å². The van der Waals surface area contributed by atoms with Crippen LogP contribution in [0.15, 0.2) is 36.7 Å². The summed E-state index contributed by atoms with van der Waals surface area (Å²) in [6.45, 7) is 0.306. The number of hydrogen-bond acceptors (Lipinski definition) is 9. The van der Waals surface area contributed by atoms with Crippen LogP contribution in [-0.4, -0.2) is 42.2 Å². The molecule has 0 saturated heterocycles. The number of rotatable bonds is 5. The molecule has 12 nitrogen and oxygen atoms in total. The lowest BCUT2D eigenvalue weighted by atomic mass is 10.2. The fourth-order valence-electron chi connectivity index (χ4n) is 2.01. The highest BCUT2D eigenvalue weighted by Crippen LogP contribution is 2.17. The Hall–Kier alpha value is -3.93. The van der Waals surface area contributed by atoms with Gasteiger partial charge in [0, 0.05) is 17.8 Å². The first-order valence-corrected chi connectivity index (χ1v) is 7.22. The molecule has 3 aromatic rings.